The summed E-state index contributed by atoms with van der Waals surface area (Å²) in [6.45, 7) is 4.97. The first-order valence-corrected chi connectivity index (χ1v) is 5.50. The molecule has 3 nitrogen and oxygen atoms in total. The summed E-state index contributed by atoms with van der Waals surface area (Å²) in [5, 5.41) is 2.29. The molecule has 0 saturated heterocycles. The van der Waals surface area contributed by atoms with E-state index in [0.29, 0.717) is 19.6 Å². The minimum atomic E-state index is -0.0990. The first kappa shape index (κ1) is 31.9. The fraction of sp³-hybridized carbons (Fsp3) is 0.500. The van der Waals surface area contributed by atoms with E-state index in [-0.39, 0.29) is 60.9 Å². The number of rotatable bonds is 5. The molecule has 0 aromatic heterocycles. The number of carbonyl (C=O) groups excluding carboxylic acids is 1. The van der Waals surface area contributed by atoms with Crippen LogP contribution in [-0.4, -0.2) is 12.5 Å². The SMILES string of the molecule is C.C.C.CC.[CH2-]NC(=O)CCOCc1ccccc1.[Y]. The molecular formula is C16H32NO2Y-. The number of carbonyl (C=O) groups is 1. The smallest absolute Gasteiger partial charge is 0.193 e. The molecule has 1 aromatic rings. The Morgan fingerprint density at radius 1 is 1.15 bits per heavy atom. The quantitative estimate of drug-likeness (QED) is 0.624. The van der Waals surface area contributed by atoms with Gasteiger partial charge >= 0.3 is 0 Å². The van der Waals surface area contributed by atoms with Crippen molar-refractivity contribution in [1.82, 2.24) is 5.32 Å². The molecule has 0 aliphatic carbocycles. The van der Waals surface area contributed by atoms with Crippen molar-refractivity contribution in [3.63, 3.8) is 0 Å². The van der Waals surface area contributed by atoms with Gasteiger partial charge in [-0.25, -0.2) is 0 Å². The zero-order chi connectivity index (χ0) is 12.2. The molecule has 1 rings (SSSR count). The van der Waals surface area contributed by atoms with Gasteiger partial charge in [-0.15, -0.1) is 0 Å². The molecule has 1 aromatic carbocycles. The second-order valence-corrected chi connectivity index (χ2v) is 2.89. The zero-order valence-corrected chi connectivity index (χ0v) is 13.4. The predicted molar refractivity (Wildman–Crippen MR) is 85.8 cm³/mol. The molecule has 0 unspecified atom stereocenters. The van der Waals surface area contributed by atoms with Crippen molar-refractivity contribution in [3.8, 4) is 0 Å². The van der Waals surface area contributed by atoms with Crippen molar-refractivity contribution in [3.05, 3.63) is 42.9 Å². The van der Waals surface area contributed by atoms with E-state index in [4.69, 9.17) is 4.74 Å². The molecule has 1 radical (unpaired) electrons. The molecular weight excluding hydrogens is 327 g/mol. The second kappa shape index (κ2) is 23.8. The Balaban J connectivity index is -0.000000119. The summed E-state index contributed by atoms with van der Waals surface area (Å²) in [4.78, 5) is 10.8. The van der Waals surface area contributed by atoms with Crippen LogP contribution in [0, 0.1) is 7.05 Å². The normalized spacial score (nSPS) is 7.15. The molecule has 20 heavy (non-hydrogen) atoms. The van der Waals surface area contributed by atoms with Gasteiger partial charge in [-0.05, 0) is 5.56 Å². The summed E-state index contributed by atoms with van der Waals surface area (Å²) < 4.78 is 5.30. The Morgan fingerprint density at radius 2 is 1.65 bits per heavy atom. The summed E-state index contributed by atoms with van der Waals surface area (Å²) in [6.07, 6.45) is 0.357. The number of nitrogens with one attached hydrogen (secondary N) is 1. The third-order valence-corrected chi connectivity index (χ3v) is 1.78. The van der Waals surface area contributed by atoms with E-state index in [1.165, 1.54) is 0 Å². The average Bonchev–Trinajstić information content (AvgIpc) is 2.38. The maximum atomic E-state index is 10.8. The number of amides is 1. The second-order valence-electron chi connectivity index (χ2n) is 2.89. The molecule has 0 atom stereocenters. The standard InChI is InChI=1S/C11H14NO2.C2H6.3CH4.Y/c1-12-11(13)7-8-14-9-10-5-3-2-4-6-10;1-2;;;;/h2-6H,1,7-9H2,(H,12,13);1-2H3;3*1H4;/q-1;;;;;. The van der Waals surface area contributed by atoms with Gasteiger partial charge < -0.3 is 10.1 Å². The molecule has 0 aliphatic heterocycles. The summed E-state index contributed by atoms with van der Waals surface area (Å²) in [7, 11) is 3.27. The summed E-state index contributed by atoms with van der Waals surface area (Å²) >= 11 is 0. The third-order valence-electron chi connectivity index (χ3n) is 1.78. The molecule has 0 spiro atoms. The van der Waals surface area contributed by atoms with Gasteiger partial charge in [0.1, 0.15) is 0 Å². The van der Waals surface area contributed by atoms with Crippen LogP contribution in [0.3, 0.4) is 0 Å². The van der Waals surface area contributed by atoms with Crippen molar-refractivity contribution >= 4 is 5.91 Å². The van der Waals surface area contributed by atoms with E-state index in [9.17, 15) is 4.79 Å². The van der Waals surface area contributed by atoms with Crippen LogP contribution < -0.4 is 5.32 Å². The van der Waals surface area contributed by atoms with Gasteiger partial charge in [-0.3, -0.25) is 11.8 Å². The minimum absolute atomic E-state index is 0. The minimum Gasteiger partial charge on any atom is -0.508 e. The van der Waals surface area contributed by atoms with Crippen LogP contribution in [0.5, 0.6) is 0 Å². The van der Waals surface area contributed by atoms with Gasteiger partial charge in [0.2, 0.25) is 0 Å². The van der Waals surface area contributed by atoms with Crippen LogP contribution in [0.15, 0.2) is 30.3 Å². The maximum Gasteiger partial charge on any atom is 0.193 e. The molecule has 4 heteroatoms. The predicted octanol–water partition coefficient (Wildman–Crippen LogP) is 4.43. The number of benzene rings is 1. The fourth-order valence-electron chi connectivity index (χ4n) is 1.02. The maximum absolute atomic E-state index is 10.8. The Bertz CT molecular complexity index is 279. The first-order valence-electron chi connectivity index (χ1n) is 5.50. The Kier molecular flexibility index (Phi) is 38.0. The van der Waals surface area contributed by atoms with Crippen molar-refractivity contribution in [2.75, 3.05) is 6.61 Å². The van der Waals surface area contributed by atoms with Crippen LogP contribution in [0.1, 0.15) is 48.1 Å². The van der Waals surface area contributed by atoms with E-state index < -0.39 is 0 Å². The Morgan fingerprint density at radius 3 is 2.10 bits per heavy atom. The topological polar surface area (TPSA) is 38.3 Å². The number of ether oxygens (including phenoxy) is 1. The van der Waals surface area contributed by atoms with Gasteiger partial charge in [-0.1, -0.05) is 66.5 Å². The van der Waals surface area contributed by atoms with Crippen LogP contribution in [0.2, 0.25) is 0 Å². The van der Waals surface area contributed by atoms with E-state index in [0.717, 1.165) is 5.56 Å². The number of hydrogen-bond donors (Lipinski definition) is 1. The van der Waals surface area contributed by atoms with Crippen LogP contribution in [0.25, 0.3) is 0 Å². The third kappa shape index (κ3) is 17.8. The largest absolute Gasteiger partial charge is 0.508 e. The first-order chi connectivity index (χ1) is 7.83. The van der Waals surface area contributed by atoms with Gasteiger partial charge in [-0.2, -0.15) is 0 Å². The molecule has 0 fully saturated rings. The molecule has 0 bridgehead atoms. The Hall–Kier alpha value is -0.246. The van der Waals surface area contributed by atoms with Gasteiger partial charge in [0.25, 0.3) is 0 Å². The molecule has 1 N–H and O–H groups in total. The van der Waals surface area contributed by atoms with Gasteiger partial charge in [0.15, 0.2) is 5.91 Å². The van der Waals surface area contributed by atoms with E-state index in [2.05, 4.69) is 12.4 Å². The molecule has 117 valence electrons. The van der Waals surface area contributed by atoms with Crippen molar-refractivity contribution < 1.29 is 42.2 Å². The molecule has 0 aliphatic rings. The summed E-state index contributed by atoms with van der Waals surface area (Å²) in [6, 6.07) is 9.85. The van der Waals surface area contributed by atoms with Crippen LogP contribution in [0.4, 0.5) is 0 Å². The molecule has 0 saturated carbocycles. The summed E-state index contributed by atoms with van der Waals surface area (Å²) in [5.41, 5.74) is 1.11. The molecule has 0 heterocycles. The van der Waals surface area contributed by atoms with Crippen molar-refractivity contribution in [2.24, 2.45) is 0 Å². The van der Waals surface area contributed by atoms with Gasteiger partial charge in [0.05, 0.1) is 13.2 Å². The van der Waals surface area contributed by atoms with E-state index in [1.807, 2.05) is 44.2 Å². The van der Waals surface area contributed by atoms with Gasteiger partial charge in [0, 0.05) is 39.1 Å². The van der Waals surface area contributed by atoms with Crippen molar-refractivity contribution in [2.45, 2.75) is 49.2 Å². The monoisotopic (exact) mass is 359 g/mol. The van der Waals surface area contributed by atoms with Crippen molar-refractivity contribution in [1.29, 1.82) is 0 Å². The molecule has 1 amide bonds. The average molecular weight is 359 g/mol. The fourth-order valence-corrected chi connectivity index (χ4v) is 1.02. The Labute approximate surface area is 151 Å². The van der Waals surface area contributed by atoms with Crippen LogP contribution >= 0.6 is 0 Å². The van der Waals surface area contributed by atoms with E-state index >= 15 is 0 Å². The van der Waals surface area contributed by atoms with E-state index in [1.54, 1.807) is 0 Å². The summed E-state index contributed by atoms with van der Waals surface area (Å²) in [5.74, 6) is -0.0990. The number of hydrogen-bond acceptors (Lipinski definition) is 2. The van der Waals surface area contributed by atoms with Crippen LogP contribution in [-0.2, 0) is 48.8 Å². The zero-order valence-electron chi connectivity index (χ0n) is 10.6.